The minimum absolute atomic E-state index is 0.229. The summed E-state index contributed by atoms with van der Waals surface area (Å²) in [5.41, 5.74) is 0. The predicted octanol–water partition coefficient (Wildman–Crippen LogP) is 0.514. The molecule has 0 aromatic heterocycles. The van der Waals surface area contributed by atoms with E-state index in [0.717, 1.165) is 11.3 Å². The molecule has 0 aliphatic carbocycles. The number of hydroxylamine groups is 2. The maximum Gasteiger partial charge on any atom is 0.434 e. The smallest absolute Gasteiger partial charge is 0.434 e. The molecule has 1 aliphatic heterocycles. The number of ether oxygens (including phenoxy) is 1. The first-order chi connectivity index (χ1) is 7.89. The highest BCUT2D eigenvalue weighted by Crippen LogP contribution is 2.21. The van der Waals surface area contributed by atoms with Gasteiger partial charge < -0.3 is 4.74 Å². The molecule has 8 heteroatoms. The lowest BCUT2D eigenvalue weighted by atomic mass is 10.1. The zero-order valence-corrected chi connectivity index (χ0v) is 10.9. The first-order valence-corrected chi connectivity index (χ1v) is 7.09. The van der Waals surface area contributed by atoms with Crippen LogP contribution in [0.4, 0.5) is 4.79 Å². The molecule has 2 atom stereocenters. The van der Waals surface area contributed by atoms with Crippen molar-refractivity contribution in [1.82, 2.24) is 5.06 Å². The van der Waals surface area contributed by atoms with Crippen LogP contribution < -0.4 is 0 Å². The first kappa shape index (κ1) is 14.2. The van der Waals surface area contributed by atoms with E-state index < -0.39 is 28.4 Å². The van der Waals surface area contributed by atoms with E-state index in [4.69, 9.17) is 13.8 Å². The van der Waals surface area contributed by atoms with Gasteiger partial charge in [-0.05, 0) is 6.42 Å². The molecule has 0 bridgehead atoms. The number of nitrogens with zero attached hydrogens (tertiary/aromatic N) is 1. The van der Waals surface area contributed by atoms with Crippen molar-refractivity contribution in [2.24, 2.45) is 0 Å². The molecule has 0 radical (unpaired) electrons. The second kappa shape index (κ2) is 5.65. The van der Waals surface area contributed by atoms with Crippen LogP contribution in [0.25, 0.3) is 0 Å². The van der Waals surface area contributed by atoms with E-state index in [1.54, 1.807) is 6.92 Å². The molecule has 1 aliphatic rings. The Labute approximate surface area is 101 Å². The SMILES string of the molecule is CC[C@H](OS(C)(=O)=O)[C@H]1CCOC(=O)N1OC. The van der Waals surface area contributed by atoms with E-state index >= 15 is 0 Å². The van der Waals surface area contributed by atoms with E-state index in [1.165, 1.54) is 7.11 Å². The summed E-state index contributed by atoms with van der Waals surface area (Å²) in [6.45, 7) is 2.01. The molecular weight excluding hydrogens is 250 g/mol. The molecule has 1 amide bonds. The fraction of sp³-hybridized carbons (Fsp3) is 0.889. The molecule has 1 fully saturated rings. The number of cyclic esters (lactones) is 1. The van der Waals surface area contributed by atoms with Crippen LogP contribution in [0, 0.1) is 0 Å². The lowest BCUT2D eigenvalue weighted by molar-refractivity contribution is -0.176. The Morgan fingerprint density at radius 2 is 2.24 bits per heavy atom. The average Bonchev–Trinajstić information content (AvgIpc) is 2.24. The minimum atomic E-state index is -3.57. The van der Waals surface area contributed by atoms with Gasteiger partial charge in [0.05, 0.1) is 32.1 Å². The zero-order chi connectivity index (χ0) is 13.1. The first-order valence-electron chi connectivity index (χ1n) is 5.27. The van der Waals surface area contributed by atoms with Gasteiger partial charge in [-0.3, -0.25) is 9.02 Å². The topological polar surface area (TPSA) is 82.1 Å². The van der Waals surface area contributed by atoms with Gasteiger partial charge in [0.25, 0.3) is 10.1 Å². The molecular formula is C9H17NO6S. The molecule has 100 valence electrons. The normalized spacial score (nSPS) is 23.4. The molecule has 7 nitrogen and oxygen atoms in total. The fourth-order valence-corrected chi connectivity index (χ4v) is 2.47. The summed E-state index contributed by atoms with van der Waals surface area (Å²) < 4.78 is 32.0. The molecule has 0 saturated carbocycles. The van der Waals surface area contributed by atoms with Gasteiger partial charge >= 0.3 is 6.09 Å². The Bertz CT molecular complexity index is 368. The summed E-state index contributed by atoms with van der Waals surface area (Å²) in [7, 11) is -2.24. The van der Waals surface area contributed by atoms with Gasteiger partial charge in [0, 0.05) is 6.42 Å². The Morgan fingerprint density at radius 1 is 1.59 bits per heavy atom. The van der Waals surface area contributed by atoms with Crippen molar-refractivity contribution in [2.75, 3.05) is 20.0 Å². The van der Waals surface area contributed by atoms with Crippen molar-refractivity contribution in [3.05, 3.63) is 0 Å². The highest BCUT2D eigenvalue weighted by atomic mass is 32.2. The van der Waals surface area contributed by atoms with Crippen molar-refractivity contribution >= 4 is 16.2 Å². The van der Waals surface area contributed by atoms with E-state index in [-0.39, 0.29) is 6.61 Å². The highest BCUT2D eigenvalue weighted by molar-refractivity contribution is 7.86. The van der Waals surface area contributed by atoms with Crippen molar-refractivity contribution in [1.29, 1.82) is 0 Å². The Morgan fingerprint density at radius 3 is 2.71 bits per heavy atom. The van der Waals surface area contributed by atoms with E-state index in [9.17, 15) is 13.2 Å². The number of carbonyl (C=O) groups excluding carboxylic acids is 1. The molecule has 1 rings (SSSR count). The van der Waals surface area contributed by atoms with Crippen LogP contribution in [0.1, 0.15) is 19.8 Å². The quantitative estimate of drug-likeness (QED) is 0.675. The summed E-state index contributed by atoms with van der Waals surface area (Å²) in [5, 5.41) is 1.02. The summed E-state index contributed by atoms with van der Waals surface area (Å²) in [5.74, 6) is 0. The Kier molecular flexibility index (Phi) is 4.72. The summed E-state index contributed by atoms with van der Waals surface area (Å²) in [4.78, 5) is 16.3. The van der Waals surface area contributed by atoms with Gasteiger partial charge in [0.1, 0.15) is 0 Å². The van der Waals surface area contributed by atoms with Crippen LogP contribution in [-0.2, 0) is 23.9 Å². The second-order valence-corrected chi connectivity index (χ2v) is 5.33. The summed E-state index contributed by atoms with van der Waals surface area (Å²) in [6.07, 6.45) is 0.643. The van der Waals surface area contributed by atoms with Gasteiger partial charge in [-0.25, -0.2) is 4.79 Å². The fourth-order valence-electron chi connectivity index (χ4n) is 1.76. The molecule has 0 spiro atoms. The van der Waals surface area contributed by atoms with Crippen molar-refractivity contribution in [3.8, 4) is 0 Å². The third-order valence-electron chi connectivity index (χ3n) is 2.45. The standard InChI is InChI=1S/C9H17NO6S/c1-4-8(16-17(3,12)13)7-5-6-15-9(11)10(7)14-2/h7-8H,4-6H2,1-3H3/t7-,8+/m1/s1. The van der Waals surface area contributed by atoms with Crippen LogP contribution in [0.5, 0.6) is 0 Å². The van der Waals surface area contributed by atoms with Crippen LogP contribution in [0.15, 0.2) is 0 Å². The van der Waals surface area contributed by atoms with Crippen LogP contribution in [0.3, 0.4) is 0 Å². The molecule has 1 heterocycles. The average molecular weight is 267 g/mol. The molecule has 0 unspecified atom stereocenters. The predicted molar refractivity (Wildman–Crippen MR) is 58.6 cm³/mol. The number of carbonyl (C=O) groups is 1. The van der Waals surface area contributed by atoms with Gasteiger partial charge in [-0.1, -0.05) is 6.92 Å². The lowest BCUT2D eigenvalue weighted by Gasteiger charge is -2.36. The minimum Gasteiger partial charge on any atom is -0.448 e. The van der Waals surface area contributed by atoms with Gasteiger partial charge in [0.2, 0.25) is 0 Å². The maximum atomic E-state index is 11.4. The van der Waals surface area contributed by atoms with Crippen LogP contribution >= 0.6 is 0 Å². The lowest BCUT2D eigenvalue weighted by Crippen LogP contribution is -2.51. The largest absolute Gasteiger partial charge is 0.448 e. The van der Waals surface area contributed by atoms with Gasteiger partial charge in [-0.15, -0.1) is 0 Å². The third-order valence-corrected chi connectivity index (χ3v) is 3.04. The monoisotopic (exact) mass is 267 g/mol. The molecule has 0 aromatic rings. The molecule has 1 saturated heterocycles. The van der Waals surface area contributed by atoms with Crippen molar-refractivity contribution in [3.63, 3.8) is 0 Å². The highest BCUT2D eigenvalue weighted by Gasteiger charge is 2.37. The summed E-state index contributed by atoms with van der Waals surface area (Å²) >= 11 is 0. The second-order valence-electron chi connectivity index (χ2n) is 3.73. The van der Waals surface area contributed by atoms with Gasteiger partial charge in [0.15, 0.2) is 0 Å². The zero-order valence-electron chi connectivity index (χ0n) is 10.1. The number of hydrogen-bond donors (Lipinski definition) is 0. The number of rotatable bonds is 5. The van der Waals surface area contributed by atoms with Crippen molar-refractivity contribution < 1.29 is 27.0 Å². The van der Waals surface area contributed by atoms with Gasteiger partial charge in [-0.2, -0.15) is 13.5 Å². The molecule has 0 N–H and O–H groups in total. The number of hydrogen-bond acceptors (Lipinski definition) is 6. The van der Waals surface area contributed by atoms with Crippen LogP contribution in [0.2, 0.25) is 0 Å². The Balaban J connectivity index is 2.82. The van der Waals surface area contributed by atoms with Crippen LogP contribution in [-0.4, -0.2) is 51.7 Å². The molecule has 0 aromatic carbocycles. The Hall–Kier alpha value is -0.860. The van der Waals surface area contributed by atoms with E-state index in [0.29, 0.717) is 12.8 Å². The third kappa shape index (κ3) is 3.83. The van der Waals surface area contributed by atoms with E-state index in [2.05, 4.69) is 0 Å². The number of amides is 1. The molecule has 17 heavy (non-hydrogen) atoms. The maximum absolute atomic E-state index is 11.4. The summed E-state index contributed by atoms with van der Waals surface area (Å²) in [6, 6.07) is -0.457. The van der Waals surface area contributed by atoms with Crippen molar-refractivity contribution in [2.45, 2.75) is 31.9 Å². The van der Waals surface area contributed by atoms with E-state index in [1.807, 2.05) is 0 Å².